The number of hydrogen-bond acceptors (Lipinski definition) is 5. The Morgan fingerprint density at radius 3 is 2.56 bits per heavy atom. The van der Waals surface area contributed by atoms with E-state index in [1.165, 1.54) is 29.3 Å². The van der Waals surface area contributed by atoms with Crippen molar-refractivity contribution in [1.29, 1.82) is 0 Å². The SMILES string of the molecule is CN(Cc1cn(C)nc1C(F)(F)F)c1nnc(Cc2ccccc2)s1. The maximum Gasteiger partial charge on any atom is 0.435 e. The summed E-state index contributed by atoms with van der Waals surface area (Å²) in [6.45, 7) is 0.0582. The molecule has 2 heterocycles. The molecular formula is C16H16F3N5S. The Labute approximate surface area is 146 Å². The van der Waals surface area contributed by atoms with Gasteiger partial charge in [-0.05, 0) is 5.56 Å². The van der Waals surface area contributed by atoms with Crippen LogP contribution in [0.5, 0.6) is 0 Å². The van der Waals surface area contributed by atoms with Gasteiger partial charge < -0.3 is 4.90 Å². The van der Waals surface area contributed by atoms with E-state index in [1.807, 2.05) is 30.3 Å². The number of nitrogens with zero attached hydrogens (tertiary/aromatic N) is 5. The summed E-state index contributed by atoms with van der Waals surface area (Å²) in [6, 6.07) is 9.83. The molecule has 3 aromatic rings. The minimum atomic E-state index is -4.48. The van der Waals surface area contributed by atoms with Gasteiger partial charge in [0.1, 0.15) is 5.01 Å². The van der Waals surface area contributed by atoms with Gasteiger partial charge >= 0.3 is 6.18 Å². The lowest BCUT2D eigenvalue weighted by molar-refractivity contribution is -0.142. The van der Waals surface area contributed by atoms with Crippen LogP contribution in [0, 0.1) is 0 Å². The zero-order valence-corrected chi connectivity index (χ0v) is 14.5. The minimum Gasteiger partial charge on any atom is -0.345 e. The zero-order chi connectivity index (χ0) is 18.0. The number of alkyl halides is 3. The molecule has 2 aromatic heterocycles. The van der Waals surface area contributed by atoms with Gasteiger partial charge in [-0.2, -0.15) is 18.3 Å². The topological polar surface area (TPSA) is 46.8 Å². The highest BCUT2D eigenvalue weighted by atomic mass is 32.1. The first-order valence-corrected chi connectivity index (χ1v) is 8.31. The molecule has 0 saturated heterocycles. The van der Waals surface area contributed by atoms with Gasteiger partial charge in [-0.25, -0.2) is 0 Å². The summed E-state index contributed by atoms with van der Waals surface area (Å²) in [7, 11) is 3.17. The Hall–Kier alpha value is -2.42. The van der Waals surface area contributed by atoms with Crippen molar-refractivity contribution in [2.24, 2.45) is 7.05 Å². The van der Waals surface area contributed by atoms with Crippen molar-refractivity contribution in [2.45, 2.75) is 19.1 Å². The van der Waals surface area contributed by atoms with E-state index < -0.39 is 11.9 Å². The molecule has 3 rings (SSSR count). The quantitative estimate of drug-likeness (QED) is 0.692. The maximum atomic E-state index is 13.0. The van der Waals surface area contributed by atoms with Crippen molar-refractivity contribution in [1.82, 2.24) is 20.0 Å². The van der Waals surface area contributed by atoms with Crippen molar-refractivity contribution in [2.75, 3.05) is 11.9 Å². The molecule has 0 fully saturated rings. The molecule has 0 aliphatic carbocycles. The molecule has 5 nitrogen and oxygen atoms in total. The molecule has 0 radical (unpaired) electrons. The molecule has 132 valence electrons. The molecule has 0 aliphatic heterocycles. The van der Waals surface area contributed by atoms with Crippen LogP contribution < -0.4 is 4.90 Å². The van der Waals surface area contributed by atoms with E-state index in [0.717, 1.165) is 10.6 Å². The summed E-state index contributed by atoms with van der Waals surface area (Å²) in [5, 5.41) is 13.1. The lowest BCUT2D eigenvalue weighted by Crippen LogP contribution is -2.19. The van der Waals surface area contributed by atoms with E-state index in [1.54, 1.807) is 11.9 Å². The van der Waals surface area contributed by atoms with Gasteiger partial charge in [0.15, 0.2) is 5.69 Å². The van der Waals surface area contributed by atoms with Crippen LogP contribution in [-0.4, -0.2) is 27.0 Å². The van der Waals surface area contributed by atoms with Crippen molar-refractivity contribution in [3.63, 3.8) is 0 Å². The molecule has 0 amide bonds. The van der Waals surface area contributed by atoms with Crippen LogP contribution in [0.3, 0.4) is 0 Å². The predicted octanol–water partition coefficient (Wildman–Crippen LogP) is 3.52. The zero-order valence-electron chi connectivity index (χ0n) is 13.7. The fourth-order valence-electron chi connectivity index (χ4n) is 2.46. The van der Waals surface area contributed by atoms with Crippen LogP contribution in [0.1, 0.15) is 21.8 Å². The Kier molecular flexibility index (Phi) is 4.76. The van der Waals surface area contributed by atoms with Gasteiger partial charge in [0.05, 0.1) is 0 Å². The summed E-state index contributed by atoms with van der Waals surface area (Å²) in [5.41, 5.74) is 0.354. The number of benzene rings is 1. The smallest absolute Gasteiger partial charge is 0.345 e. The Balaban J connectivity index is 1.73. The van der Waals surface area contributed by atoms with Crippen LogP contribution in [-0.2, 0) is 26.2 Å². The molecule has 0 bridgehead atoms. The van der Waals surface area contributed by atoms with Gasteiger partial charge in [-0.15, -0.1) is 10.2 Å². The van der Waals surface area contributed by atoms with Crippen LogP contribution in [0.4, 0.5) is 18.3 Å². The maximum absolute atomic E-state index is 13.0. The number of aryl methyl sites for hydroxylation is 1. The number of anilines is 1. The first kappa shape index (κ1) is 17.4. The molecule has 1 aromatic carbocycles. The van der Waals surface area contributed by atoms with Gasteiger partial charge in [0.25, 0.3) is 0 Å². The highest BCUT2D eigenvalue weighted by Crippen LogP contribution is 2.32. The number of rotatable bonds is 5. The molecule has 0 unspecified atom stereocenters. The molecule has 0 spiro atoms. The number of halogens is 3. The van der Waals surface area contributed by atoms with E-state index in [-0.39, 0.29) is 12.1 Å². The summed E-state index contributed by atoms with van der Waals surface area (Å²) in [4.78, 5) is 1.65. The van der Waals surface area contributed by atoms with Crippen LogP contribution in [0.25, 0.3) is 0 Å². The molecular weight excluding hydrogens is 351 g/mol. The Morgan fingerprint density at radius 2 is 1.88 bits per heavy atom. The fraction of sp³-hybridized carbons (Fsp3) is 0.312. The summed E-state index contributed by atoms with van der Waals surface area (Å²) in [5.74, 6) is 0. The Bertz CT molecular complexity index is 841. The second-order valence-corrected chi connectivity index (χ2v) is 6.71. The Morgan fingerprint density at radius 1 is 1.16 bits per heavy atom. The third kappa shape index (κ3) is 4.16. The van der Waals surface area contributed by atoms with E-state index in [4.69, 9.17) is 0 Å². The van der Waals surface area contributed by atoms with Crippen molar-refractivity contribution in [3.05, 3.63) is 58.4 Å². The molecule has 9 heteroatoms. The largest absolute Gasteiger partial charge is 0.435 e. The van der Waals surface area contributed by atoms with Crippen molar-refractivity contribution >= 4 is 16.5 Å². The monoisotopic (exact) mass is 367 g/mol. The highest BCUT2D eigenvalue weighted by Gasteiger charge is 2.37. The minimum absolute atomic E-state index is 0.0582. The molecule has 25 heavy (non-hydrogen) atoms. The normalized spacial score (nSPS) is 11.7. The standard InChI is InChI=1S/C16H16F3N5S/c1-23(9-12-10-24(2)22-14(12)16(17,18)19)15-21-20-13(25-15)8-11-6-4-3-5-7-11/h3-7,10H,8-9H2,1-2H3. The first-order chi connectivity index (χ1) is 11.8. The van der Waals surface area contributed by atoms with E-state index in [0.29, 0.717) is 11.6 Å². The third-order valence-electron chi connectivity index (χ3n) is 3.56. The first-order valence-electron chi connectivity index (χ1n) is 7.50. The predicted molar refractivity (Wildman–Crippen MR) is 89.5 cm³/mol. The second kappa shape index (κ2) is 6.83. The molecule has 0 saturated carbocycles. The lowest BCUT2D eigenvalue weighted by atomic mass is 10.2. The summed E-state index contributed by atoms with van der Waals surface area (Å²) < 4.78 is 40.3. The van der Waals surface area contributed by atoms with Crippen LogP contribution >= 0.6 is 11.3 Å². The van der Waals surface area contributed by atoms with E-state index in [9.17, 15) is 13.2 Å². The van der Waals surface area contributed by atoms with Gasteiger partial charge in [-0.1, -0.05) is 41.7 Å². The van der Waals surface area contributed by atoms with Gasteiger partial charge in [0.2, 0.25) is 5.13 Å². The summed E-state index contributed by atoms with van der Waals surface area (Å²) >= 11 is 1.37. The molecule has 0 N–H and O–H groups in total. The van der Waals surface area contributed by atoms with E-state index in [2.05, 4.69) is 15.3 Å². The average molecular weight is 367 g/mol. The fourth-order valence-corrected chi connectivity index (χ4v) is 3.29. The third-order valence-corrected chi connectivity index (χ3v) is 4.60. The molecule has 0 aliphatic rings. The number of hydrogen-bond donors (Lipinski definition) is 0. The van der Waals surface area contributed by atoms with Crippen molar-refractivity contribution in [3.8, 4) is 0 Å². The summed E-state index contributed by atoms with van der Waals surface area (Å²) in [6.07, 6.45) is -2.45. The van der Waals surface area contributed by atoms with E-state index >= 15 is 0 Å². The van der Waals surface area contributed by atoms with Crippen molar-refractivity contribution < 1.29 is 13.2 Å². The highest BCUT2D eigenvalue weighted by molar-refractivity contribution is 7.15. The van der Waals surface area contributed by atoms with Gasteiger partial charge in [-0.3, -0.25) is 4.68 Å². The van der Waals surface area contributed by atoms with Crippen LogP contribution in [0.15, 0.2) is 36.5 Å². The molecule has 0 atom stereocenters. The van der Waals surface area contributed by atoms with Gasteiger partial charge in [0, 0.05) is 38.8 Å². The number of aromatic nitrogens is 4. The van der Waals surface area contributed by atoms with Crippen LogP contribution in [0.2, 0.25) is 0 Å². The second-order valence-electron chi connectivity index (χ2n) is 5.67. The average Bonchev–Trinajstić information content (AvgIpc) is 3.15. The lowest BCUT2D eigenvalue weighted by Gasteiger charge is -2.15.